The Labute approximate surface area is 206 Å². The topological polar surface area (TPSA) is 111 Å². The number of aryl methyl sites for hydroxylation is 1. The van der Waals surface area contributed by atoms with Crippen molar-refractivity contribution in [1.29, 1.82) is 0 Å². The van der Waals surface area contributed by atoms with Gasteiger partial charge in [0.1, 0.15) is 5.52 Å². The van der Waals surface area contributed by atoms with Crippen molar-refractivity contribution in [1.82, 2.24) is 19.1 Å². The number of allylic oxidation sites excluding steroid dienone is 1. The first kappa shape index (κ1) is 21.6. The van der Waals surface area contributed by atoms with E-state index in [9.17, 15) is 14.7 Å². The van der Waals surface area contributed by atoms with E-state index in [1.807, 2.05) is 6.08 Å². The number of carbonyl (C=O) groups is 1. The first-order valence-electron chi connectivity index (χ1n) is 12.4. The number of nitrogens with zero attached hydrogens (tertiary/aromatic N) is 4. The molecule has 4 saturated carbocycles. The van der Waals surface area contributed by atoms with Crippen molar-refractivity contribution in [3.05, 3.63) is 39.6 Å². The molecule has 0 aromatic carbocycles. The summed E-state index contributed by atoms with van der Waals surface area (Å²) in [5.41, 5.74) is 0.503. The number of aliphatic carboxylic acids is 1. The molecule has 5 fully saturated rings. The minimum absolute atomic E-state index is 0.00777. The van der Waals surface area contributed by atoms with Crippen LogP contribution in [-0.2, 0) is 22.1 Å². The smallest absolute Gasteiger partial charge is 0.330 e. The second-order valence-corrected chi connectivity index (χ2v) is 11.8. The lowest BCUT2D eigenvalue weighted by Gasteiger charge is -2.60. The normalized spacial score (nSPS) is 37.3. The highest BCUT2D eigenvalue weighted by Crippen LogP contribution is 2.64. The summed E-state index contributed by atoms with van der Waals surface area (Å²) < 4.78 is 9.10. The van der Waals surface area contributed by atoms with E-state index in [4.69, 9.17) is 21.3 Å². The summed E-state index contributed by atoms with van der Waals surface area (Å²) in [4.78, 5) is 35.3. The third-order valence-corrected chi connectivity index (χ3v) is 9.47. The van der Waals surface area contributed by atoms with Crippen LogP contribution in [0.25, 0.3) is 11.2 Å². The molecule has 4 atom stereocenters. The fraction of sp³-hybridized carbons (Fsp3) is 0.600. The van der Waals surface area contributed by atoms with Crippen molar-refractivity contribution in [3.8, 4) is 0 Å². The second kappa shape index (κ2) is 7.20. The summed E-state index contributed by atoms with van der Waals surface area (Å²) in [6, 6.07) is 0. The summed E-state index contributed by atoms with van der Waals surface area (Å²) in [6.07, 6.45) is 11.2. The maximum Gasteiger partial charge on any atom is 0.330 e. The number of rotatable bonds is 4. The molecule has 35 heavy (non-hydrogen) atoms. The minimum atomic E-state index is -0.745. The van der Waals surface area contributed by atoms with Crippen molar-refractivity contribution < 1.29 is 14.6 Å². The molecule has 4 bridgehead atoms. The third-order valence-electron chi connectivity index (χ3n) is 9.14. The summed E-state index contributed by atoms with van der Waals surface area (Å²) in [5, 5.41) is 14.0. The first-order valence-corrected chi connectivity index (χ1v) is 12.8. The highest BCUT2D eigenvalue weighted by Gasteiger charge is 2.62. The van der Waals surface area contributed by atoms with Crippen LogP contribution in [0.3, 0.4) is 0 Å². The zero-order chi connectivity index (χ0) is 24.1. The molecular formula is C25H28ClN5O4. The van der Waals surface area contributed by atoms with Crippen LogP contribution in [0, 0.1) is 23.2 Å². The number of hydrogen-bond acceptors (Lipinski definition) is 6. The van der Waals surface area contributed by atoms with E-state index in [0.29, 0.717) is 59.8 Å². The molecule has 5 aliphatic carbocycles. The molecule has 0 radical (unpaired) electrons. The predicted octanol–water partition coefficient (Wildman–Crippen LogP) is 3.35. The maximum absolute atomic E-state index is 13.6. The van der Waals surface area contributed by atoms with Crippen molar-refractivity contribution in [2.24, 2.45) is 30.2 Å². The molecule has 8 rings (SSSR count). The highest BCUT2D eigenvalue weighted by molar-refractivity contribution is 6.32. The summed E-state index contributed by atoms with van der Waals surface area (Å²) in [6.45, 7) is 0.709. The number of hydrogen-bond donors (Lipinski definition) is 2. The number of imidazole rings is 1. The SMILES string of the molecule is Cn1c(=O)n(C23CC4CC(CC(C(=O)O)(C4)C2)C3)c2nc(NC3=CC4CCOC4C=C3Cl)ncc21. The van der Waals surface area contributed by atoms with Gasteiger partial charge in [0.05, 0.1) is 34.0 Å². The lowest BCUT2D eigenvalue weighted by atomic mass is 9.46. The van der Waals surface area contributed by atoms with E-state index < -0.39 is 16.9 Å². The molecule has 10 heteroatoms. The Kier molecular flexibility index (Phi) is 4.44. The van der Waals surface area contributed by atoms with Crippen LogP contribution in [0.5, 0.6) is 0 Å². The number of anilines is 1. The number of fused-ring (bicyclic) bond motifs is 2. The van der Waals surface area contributed by atoms with E-state index in [1.54, 1.807) is 22.4 Å². The zero-order valence-electron chi connectivity index (χ0n) is 19.5. The molecule has 0 spiro atoms. The molecule has 6 aliphatic rings. The van der Waals surface area contributed by atoms with Gasteiger partial charge in [-0.05, 0) is 62.9 Å². The van der Waals surface area contributed by atoms with Crippen LogP contribution in [0.4, 0.5) is 5.95 Å². The number of carboxylic acid groups (broad SMARTS) is 1. The fourth-order valence-corrected chi connectivity index (χ4v) is 8.29. The molecule has 2 aromatic rings. The van der Waals surface area contributed by atoms with E-state index in [1.165, 1.54) is 0 Å². The Morgan fingerprint density at radius 2 is 2.03 bits per heavy atom. The molecular weight excluding hydrogens is 470 g/mol. The molecule has 4 unspecified atom stereocenters. The van der Waals surface area contributed by atoms with Gasteiger partial charge < -0.3 is 15.2 Å². The fourth-order valence-electron chi connectivity index (χ4n) is 8.05. The monoisotopic (exact) mass is 497 g/mol. The largest absolute Gasteiger partial charge is 0.481 e. The van der Waals surface area contributed by atoms with Gasteiger partial charge >= 0.3 is 11.7 Å². The lowest BCUT2D eigenvalue weighted by molar-refractivity contribution is -0.172. The summed E-state index contributed by atoms with van der Waals surface area (Å²) in [7, 11) is 1.73. The van der Waals surface area contributed by atoms with E-state index in [2.05, 4.69) is 16.4 Å². The van der Waals surface area contributed by atoms with E-state index in [-0.39, 0.29) is 17.7 Å². The van der Waals surface area contributed by atoms with Crippen molar-refractivity contribution >= 4 is 34.7 Å². The van der Waals surface area contributed by atoms with Crippen molar-refractivity contribution in [2.75, 3.05) is 11.9 Å². The Hall–Kier alpha value is -2.65. The van der Waals surface area contributed by atoms with Gasteiger partial charge in [-0.15, -0.1) is 0 Å². The molecule has 9 nitrogen and oxygen atoms in total. The second-order valence-electron chi connectivity index (χ2n) is 11.4. The molecule has 0 amide bonds. The number of ether oxygens (including phenoxy) is 1. The Morgan fingerprint density at radius 3 is 2.77 bits per heavy atom. The predicted molar refractivity (Wildman–Crippen MR) is 129 cm³/mol. The molecule has 3 heterocycles. The average molecular weight is 498 g/mol. The molecule has 2 N–H and O–H groups in total. The summed E-state index contributed by atoms with van der Waals surface area (Å²) >= 11 is 6.51. The Balaban J connectivity index is 1.32. The third kappa shape index (κ3) is 3.03. The number of nitrogens with one attached hydrogen (secondary N) is 1. The Bertz CT molecular complexity index is 1380. The van der Waals surface area contributed by atoms with Gasteiger partial charge in [-0.2, -0.15) is 4.98 Å². The minimum Gasteiger partial charge on any atom is -0.481 e. The van der Waals surface area contributed by atoms with Gasteiger partial charge in [0, 0.05) is 19.6 Å². The number of carboxylic acids is 1. The average Bonchev–Trinajstić information content (AvgIpc) is 3.34. The standard InChI is InChI=1S/C25H28ClN5O4/c1-30-18-11-27-22(28-17-5-15-2-3-35-19(15)6-16(17)26)29-20(18)31(23(30)34)25-9-13-4-14(10-25)8-24(7-13,12-25)21(32)33/h5-6,11,13-15,19H,2-4,7-10,12H2,1H3,(H,32,33)(H,27,28,29). The van der Waals surface area contributed by atoms with Gasteiger partial charge in [-0.1, -0.05) is 17.7 Å². The number of aromatic nitrogens is 4. The van der Waals surface area contributed by atoms with Gasteiger partial charge in [0.2, 0.25) is 5.95 Å². The van der Waals surface area contributed by atoms with Crippen LogP contribution in [0.2, 0.25) is 0 Å². The lowest BCUT2D eigenvalue weighted by Crippen LogP contribution is -2.60. The molecule has 1 aliphatic heterocycles. The molecule has 2 aromatic heterocycles. The zero-order valence-corrected chi connectivity index (χ0v) is 20.3. The van der Waals surface area contributed by atoms with Crippen LogP contribution < -0.4 is 11.0 Å². The Morgan fingerprint density at radius 1 is 1.26 bits per heavy atom. The molecule has 1 saturated heterocycles. The van der Waals surface area contributed by atoms with Crippen molar-refractivity contribution in [3.63, 3.8) is 0 Å². The van der Waals surface area contributed by atoms with Gasteiger partial charge in [0.25, 0.3) is 0 Å². The van der Waals surface area contributed by atoms with Gasteiger partial charge in [0.15, 0.2) is 5.65 Å². The molecule has 184 valence electrons. The van der Waals surface area contributed by atoms with Crippen LogP contribution in [0.15, 0.2) is 33.9 Å². The summed E-state index contributed by atoms with van der Waals surface area (Å²) in [5.74, 6) is 0.558. The van der Waals surface area contributed by atoms with Crippen molar-refractivity contribution in [2.45, 2.75) is 56.6 Å². The quantitative estimate of drug-likeness (QED) is 0.666. The first-order chi connectivity index (χ1) is 16.8. The van der Waals surface area contributed by atoms with E-state index >= 15 is 0 Å². The highest BCUT2D eigenvalue weighted by atomic mass is 35.5. The van der Waals surface area contributed by atoms with E-state index in [0.717, 1.165) is 31.4 Å². The van der Waals surface area contributed by atoms with Crippen LogP contribution in [-0.4, -0.2) is 42.9 Å². The van der Waals surface area contributed by atoms with Gasteiger partial charge in [-0.3, -0.25) is 13.9 Å². The van der Waals surface area contributed by atoms with Gasteiger partial charge in [-0.25, -0.2) is 9.78 Å². The van der Waals surface area contributed by atoms with Crippen LogP contribution >= 0.6 is 11.6 Å². The maximum atomic E-state index is 13.6. The number of halogens is 1. The van der Waals surface area contributed by atoms with Crippen LogP contribution in [0.1, 0.15) is 44.9 Å².